The van der Waals surface area contributed by atoms with E-state index in [1.54, 1.807) is 6.92 Å². The molecule has 0 bridgehead atoms. The summed E-state index contributed by atoms with van der Waals surface area (Å²) in [6.07, 6.45) is 0.651. The molecule has 1 unspecified atom stereocenters. The highest BCUT2D eigenvalue weighted by Gasteiger charge is 2.35. The summed E-state index contributed by atoms with van der Waals surface area (Å²) in [5.74, 6) is -0.462. The summed E-state index contributed by atoms with van der Waals surface area (Å²) in [6.45, 7) is 5.04. The average molecular weight is 335 g/mol. The summed E-state index contributed by atoms with van der Waals surface area (Å²) in [5.41, 5.74) is 0.679. The monoisotopic (exact) mass is 335 g/mol. The van der Waals surface area contributed by atoms with E-state index in [1.165, 1.54) is 0 Å². The lowest BCUT2D eigenvalue weighted by Gasteiger charge is -2.36. The van der Waals surface area contributed by atoms with Crippen molar-refractivity contribution in [3.8, 4) is 5.75 Å². The van der Waals surface area contributed by atoms with Crippen LogP contribution in [0.1, 0.15) is 31.7 Å². The smallest absolute Gasteiger partial charge is 0.303 e. The van der Waals surface area contributed by atoms with E-state index in [2.05, 4.69) is 5.32 Å². The molecule has 1 heterocycles. The van der Waals surface area contributed by atoms with Crippen molar-refractivity contribution in [2.75, 3.05) is 19.8 Å². The minimum atomic E-state index is -0.852. The minimum Gasteiger partial charge on any atom is -0.481 e. The van der Waals surface area contributed by atoms with Crippen molar-refractivity contribution in [1.82, 2.24) is 5.32 Å². The van der Waals surface area contributed by atoms with Gasteiger partial charge in [0.2, 0.25) is 0 Å². The van der Waals surface area contributed by atoms with Crippen LogP contribution in [0.15, 0.2) is 24.3 Å². The van der Waals surface area contributed by atoms with Gasteiger partial charge in [-0.1, -0.05) is 17.7 Å². The second-order valence-corrected chi connectivity index (χ2v) is 6.47. The van der Waals surface area contributed by atoms with Crippen LogP contribution >= 0.6 is 0 Å². The third-order valence-electron chi connectivity index (χ3n) is 4.42. The number of aryl methyl sites for hydroxylation is 1. The van der Waals surface area contributed by atoms with Gasteiger partial charge in [-0.15, -0.1) is 0 Å². The molecule has 0 saturated carbocycles. The first-order chi connectivity index (χ1) is 11.4. The highest BCUT2D eigenvalue weighted by Crippen LogP contribution is 2.33. The Balaban J connectivity index is 1.89. The molecule has 1 fully saturated rings. The molecule has 1 amide bonds. The fourth-order valence-corrected chi connectivity index (χ4v) is 2.83. The molecule has 1 atom stereocenters. The summed E-state index contributed by atoms with van der Waals surface area (Å²) < 4.78 is 11.0. The molecule has 1 saturated heterocycles. The molecular weight excluding hydrogens is 310 g/mol. The molecule has 0 aromatic heterocycles. The fourth-order valence-electron chi connectivity index (χ4n) is 2.83. The molecule has 1 aromatic rings. The maximum absolute atomic E-state index is 12.3. The van der Waals surface area contributed by atoms with Crippen molar-refractivity contribution in [2.24, 2.45) is 5.41 Å². The number of amides is 1. The number of nitrogens with one attached hydrogen (secondary N) is 1. The van der Waals surface area contributed by atoms with E-state index in [4.69, 9.17) is 14.6 Å². The van der Waals surface area contributed by atoms with Gasteiger partial charge in [0.15, 0.2) is 6.10 Å². The summed E-state index contributed by atoms with van der Waals surface area (Å²) in [7, 11) is 0. The number of ether oxygens (including phenoxy) is 2. The van der Waals surface area contributed by atoms with E-state index >= 15 is 0 Å². The molecule has 0 radical (unpaired) electrons. The zero-order valence-electron chi connectivity index (χ0n) is 14.2. The van der Waals surface area contributed by atoms with Crippen LogP contribution in [0.4, 0.5) is 0 Å². The van der Waals surface area contributed by atoms with Crippen LogP contribution in [0.25, 0.3) is 0 Å². The van der Waals surface area contributed by atoms with Gasteiger partial charge in [-0.25, -0.2) is 0 Å². The Labute approximate surface area is 142 Å². The van der Waals surface area contributed by atoms with Gasteiger partial charge < -0.3 is 19.9 Å². The van der Waals surface area contributed by atoms with E-state index in [-0.39, 0.29) is 12.3 Å². The van der Waals surface area contributed by atoms with E-state index in [1.807, 2.05) is 31.2 Å². The Hall–Kier alpha value is -2.08. The Morgan fingerprint density at radius 3 is 2.50 bits per heavy atom. The lowest BCUT2D eigenvalue weighted by molar-refractivity contribution is -0.142. The number of carboxylic acid groups (broad SMARTS) is 1. The van der Waals surface area contributed by atoms with Crippen molar-refractivity contribution in [1.29, 1.82) is 0 Å². The highest BCUT2D eigenvalue weighted by atomic mass is 16.5. The van der Waals surface area contributed by atoms with E-state index in [0.29, 0.717) is 38.3 Å². The fraction of sp³-hybridized carbons (Fsp3) is 0.556. The van der Waals surface area contributed by atoms with Gasteiger partial charge in [-0.05, 0) is 38.8 Å². The van der Waals surface area contributed by atoms with Crippen LogP contribution in [0.3, 0.4) is 0 Å². The normalized spacial score (nSPS) is 17.8. The summed E-state index contributed by atoms with van der Waals surface area (Å²) in [5, 5.41) is 12.0. The molecule has 1 aliphatic heterocycles. The number of hydrogen-bond acceptors (Lipinski definition) is 4. The number of rotatable bonds is 7. The van der Waals surface area contributed by atoms with Crippen molar-refractivity contribution < 1.29 is 24.2 Å². The maximum atomic E-state index is 12.3. The molecule has 0 spiro atoms. The third-order valence-corrected chi connectivity index (χ3v) is 4.42. The topological polar surface area (TPSA) is 84.9 Å². The third kappa shape index (κ3) is 5.23. The lowest BCUT2D eigenvalue weighted by atomic mass is 9.77. The van der Waals surface area contributed by atoms with Crippen molar-refractivity contribution in [2.45, 2.75) is 39.2 Å². The zero-order chi connectivity index (χ0) is 17.6. The van der Waals surface area contributed by atoms with E-state index in [0.717, 1.165) is 5.56 Å². The molecule has 2 rings (SSSR count). The van der Waals surface area contributed by atoms with Gasteiger partial charge >= 0.3 is 5.97 Å². The zero-order valence-corrected chi connectivity index (χ0v) is 14.2. The molecule has 6 heteroatoms. The van der Waals surface area contributed by atoms with Gasteiger partial charge in [-0.2, -0.15) is 0 Å². The van der Waals surface area contributed by atoms with Crippen LogP contribution in [-0.2, 0) is 14.3 Å². The van der Waals surface area contributed by atoms with Crippen LogP contribution < -0.4 is 10.1 Å². The van der Waals surface area contributed by atoms with Crippen molar-refractivity contribution in [3.05, 3.63) is 29.8 Å². The predicted molar refractivity (Wildman–Crippen MR) is 89.0 cm³/mol. The first-order valence-corrected chi connectivity index (χ1v) is 8.21. The number of carbonyl (C=O) groups is 2. The van der Waals surface area contributed by atoms with E-state index in [9.17, 15) is 9.59 Å². The Morgan fingerprint density at radius 2 is 1.92 bits per heavy atom. The molecule has 1 aromatic carbocycles. The van der Waals surface area contributed by atoms with E-state index < -0.39 is 17.5 Å². The van der Waals surface area contributed by atoms with Crippen LogP contribution in [0, 0.1) is 12.3 Å². The number of benzene rings is 1. The number of aliphatic carboxylic acids is 1. The van der Waals surface area contributed by atoms with Crippen LogP contribution in [-0.4, -0.2) is 42.8 Å². The number of carboxylic acids is 1. The summed E-state index contributed by atoms with van der Waals surface area (Å²) in [6, 6.07) is 7.49. The van der Waals surface area contributed by atoms with Gasteiger partial charge in [0, 0.05) is 25.2 Å². The maximum Gasteiger partial charge on any atom is 0.303 e. The molecule has 24 heavy (non-hydrogen) atoms. The molecule has 2 N–H and O–H groups in total. The SMILES string of the molecule is Cc1ccc(OC(C)C(=O)NCC2(CC(=O)O)CCOCC2)cc1. The lowest BCUT2D eigenvalue weighted by Crippen LogP contribution is -2.46. The second-order valence-electron chi connectivity index (χ2n) is 6.47. The number of hydrogen-bond donors (Lipinski definition) is 2. The summed E-state index contributed by atoms with van der Waals surface area (Å²) >= 11 is 0. The van der Waals surface area contributed by atoms with Gasteiger partial charge in [0.1, 0.15) is 5.75 Å². The van der Waals surface area contributed by atoms with Gasteiger partial charge in [-0.3, -0.25) is 9.59 Å². The Kier molecular flexibility index (Phi) is 6.20. The molecule has 1 aliphatic rings. The second kappa shape index (κ2) is 8.15. The summed E-state index contributed by atoms with van der Waals surface area (Å²) in [4.78, 5) is 23.4. The van der Waals surface area contributed by atoms with Gasteiger partial charge in [0.25, 0.3) is 5.91 Å². The molecular formula is C18H25NO5. The Bertz CT molecular complexity index is 563. The quantitative estimate of drug-likeness (QED) is 0.797. The predicted octanol–water partition coefficient (Wildman–Crippen LogP) is 2.15. The highest BCUT2D eigenvalue weighted by molar-refractivity contribution is 5.80. The average Bonchev–Trinajstić information content (AvgIpc) is 2.55. The Morgan fingerprint density at radius 1 is 1.29 bits per heavy atom. The van der Waals surface area contributed by atoms with Crippen molar-refractivity contribution >= 4 is 11.9 Å². The van der Waals surface area contributed by atoms with Crippen molar-refractivity contribution in [3.63, 3.8) is 0 Å². The first kappa shape index (κ1) is 18.3. The largest absolute Gasteiger partial charge is 0.481 e. The minimum absolute atomic E-state index is 0.0316. The van der Waals surface area contributed by atoms with Gasteiger partial charge in [0.05, 0.1) is 6.42 Å². The van der Waals surface area contributed by atoms with Crippen LogP contribution in [0.2, 0.25) is 0 Å². The molecule has 0 aliphatic carbocycles. The van der Waals surface area contributed by atoms with Crippen LogP contribution in [0.5, 0.6) is 5.75 Å². The first-order valence-electron chi connectivity index (χ1n) is 8.21. The number of carbonyl (C=O) groups excluding carboxylic acids is 1. The molecule has 132 valence electrons. The molecule has 6 nitrogen and oxygen atoms in total. The standard InChI is InChI=1S/C18H25NO5/c1-13-3-5-15(6-4-13)24-14(2)17(22)19-12-18(11-16(20)21)7-9-23-10-8-18/h3-6,14H,7-12H2,1-2H3,(H,19,22)(H,20,21).